The maximum absolute atomic E-state index is 6.32. The molecule has 0 aliphatic rings. The summed E-state index contributed by atoms with van der Waals surface area (Å²) in [7, 11) is 0. The first-order valence-corrected chi connectivity index (χ1v) is 7.33. The molecule has 0 heterocycles. The van der Waals surface area contributed by atoms with Crippen LogP contribution in [-0.4, -0.2) is 12.1 Å². The molecule has 2 heteroatoms. The third kappa shape index (κ3) is 3.13. The standard InChI is InChI=1S/C18H25NO/c1-5-15(19)17(18(2,3)4)20-16-12-8-10-13-9-6-7-11-14(13)16/h6-12,15,17H,5,19H2,1-4H3. The highest BCUT2D eigenvalue weighted by molar-refractivity contribution is 5.88. The molecule has 2 aromatic carbocycles. The van der Waals surface area contributed by atoms with E-state index in [-0.39, 0.29) is 17.6 Å². The summed E-state index contributed by atoms with van der Waals surface area (Å²) in [4.78, 5) is 0. The van der Waals surface area contributed by atoms with E-state index >= 15 is 0 Å². The molecule has 2 atom stereocenters. The van der Waals surface area contributed by atoms with Crippen molar-refractivity contribution in [2.24, 2.45) is 11.1 Å². The van der Waals surface area contributed by atoms with E-state index in [0.29, 0.717) is 0 Å². The summed E-state index contributed by atoms with van der Waals surface area (Å²) in [5, 5.41) is 2.34. The third-order valence-corrected chi connectivity index (χ3v) is 3.72. The van der Waals surface area contributed by atoms with E-state index in [1.54, 1.807) is 0 Å². The smallest absolute Gasteiger partial charge is 0.127 e. The fraction of sp³-hybridized carbons (Fsp3) is 0.444. The van der Waals surface area contributed by atoms with Gasteiger partial charge in [0.25, 0.3) is 0 Å². The molecule has 0 amide bonds. The predicted octanol–water partition coefficient (Wildman–Crippen LogP) is 4.37. The average Bonchev–Trinajstić information content (AvgIpc) is 2.42. The highest BCUT2D eigenvalue weighted by Gasteiger charge is 2.31. The van der Waals surface area contributed by atoms with Crippen molar-refractivity contribution in [2.45, 2.75) is 46.3 Å². The van der Waals surface area contributed by atoms with Crippen LogP contribution in [0.1, 0.15) is 34.1 Å². The summed E-state index contributed by atoms with van der Waals surface area (Å²) in [6.45, 7) is 8.64. The van der Waals surface area contributed by atoms with E-state index < -0.39 is 0 Å². The minimum atomic E-state index is -0.00157. The molecule has 2 rings (SSSR count). The Balaban J connectivity index is 2.38. The SMILES string of the molecule is CCC(N)C(Oc1cccc2ccccc12)C(C)(C)C. The summed E-state index contributed by atoms with van der Waals surface area (Å²) >= 11 is 0. The van der Waals surface area contributed by atoms with Gasteiger partial charge in [0.1, 0.15) is 11.9 Å². The van der Waals surface area contributed by atoms with Crippen molar-refractivity contribution in [3.63, 3.8) is 0 Å². The van der Waals surface area contributed by atoms with Gasteiger partial charge in [0, 0.05) is 16.8 Å². The molecule has 0 fully saturated rings. The molecule has 2 N–H and O–H groups in total. The van der Waals surface area contributed by atoms with E-state index in [1.165, 1.54) is 5.39 Å². The molecule has 0 saturated heterocycles. The van der Waals surface area contributed by atoms with E-state index in [1.807, 2.05) is 24.3 Å². The summed E-state index contributed by atoms with van der Waals surface area (Å²) in [6.07, 6.45) is 0.908. The van der Waals surface area contributed by atoms with Crippen LogP contribution in [0.25, 0.3) is 10.8 Å². The Morgan fingerprint density at radius 3 is 2.35 bits per heavy atom. The lowest BCUT2D eigenvalue weighted by Crippen LogP contribution is -2.47. The fourth-order valence-electron chi connectivity index (χ4n) is 2.56. The molecule has 0 bridgehead atoms. The first-order chi connectivity index (χ1) is 9.43. The van der Waals surface area contributed by atoms with Crippen molar-refractivity contribution in [1.82, 2.24) is 0 Å². The van der Waals surface area contributed by atoms with Gasteiger partial charge in [-0.1, -0.05) is 64.1 Å². The minimum absolute atomic E-state index is 0.00157. The monoisotopic (exact) mass is 271 g/mol. The second kappa shape index (κ2) is 5.84. The number of ether oxygens (including phenoxy) is 1. The van der Waals surface area contributed by atoms with Crippen LogP contribution < -0.4 is 10.5 Å². The minimum Gasteiger partial charge on any atom is -0.488 e. The zero-order valence-electron chi connectivity index (χ0n) is 12.9. The van der Waals surface area contributed by atoms with Crippen LogP contribution in [0, 0.1) is 5.41 Å². The molecule has 2 nitrogen and oxygen atoms in total. The zero-order chi connectivity index (χ0) is 14.8. The predicted molar refractivity (Wildman–Crippen MR) is 86.1 cm³/mol. The molecular formula is C18H25NO. The third-order valence-electron chi connectivity index (χ3n) is 3.72. The maximum atomic E-state index is 6.32. The first-order valence-electron chi connectivity index (χ1n) is 7.33. The zero-order valence-corrected chi connectivity index (χ0v) is 12.9. The van der Waals surface area contributed by atoms with Crippen molar-refractivity contribution in [3.8, 4) is 5.75 Å². The maximum Gasteiger partial charge on any atom is 0.127 e. The van der Waals surface area contributed by atoms with Crippen molar-refractivity contribution in [2.75, 3.05) is 0 Å². The molecule has 0 aliphatic carbocycles. The van der Waals surface area contributed by atoms with Crippen LogP contribution in [0.4, 0.5) is 0 Å². The molecule has 0 radical (unpaired) electrons. The van der Waals surface area contributed by atoms with Crippen LogP contribution in [0.3, 0.4) is 0 Å². The summed E-state index contributed by atoms with van der Waals surface area (Å²) in [5.41, 5.74) is 6.28. The molecule has 20 heavy (non-hydrogen) atoms. The number of hydrogen-bond donors (Lipinski definition) is 1. The van der Waals surface area contributed by atoms with Gasteiger partial charge in [0.2, 0.25) is 0 Å². The largest absolute Gasteiger partial charge is 0.488 e. The van der Waals surface area contributed by atoms with Gasteiger partial charge in [0.05, 0.1) is 0 Å². The average molecular weight is 271 g/mol. The van der Waals surface area contributed by atoms with Crippen molar-refractivity contribution >= 4 is 10.8 Å². The summed E-state index contributed by atoms with van der Waals surface area (Å²) < 4.78 is 6.32. The Morgan fingerprint density at radius 2 is 1.70 bits per heavy atom. The van der Waals surface area contributed by atoms with Gasteiger partial charge in [-0.15, -0.1) is 0 Å². The Labute approximate surface area is 121 Å². The fourth-order valence-corrected chi connectivity index (χ4v) is 2.56. The lowest BCUT2D eigenvalue weighted by Gasteiger charge is -2.35. The van der Waals surface area contributed by atoms with Crippen LogP contribution in [0.15, 0.2) is 42.5 Å². The van der Waals surface area contributed by atoms with Gasteiger partial charge >= 0.3 is 0 Å². The lowest BCUT2D eigenvalue weighted by atomic mass is 9.84. The molecule has 0 aromatic heterocycles. The first kappa shape index (κ1) is 14.9. The van der Waals surface area contributed by atoms with Crippen LogP contribution >= 0.6 is 0 Å². The number of hydrogen-bond acceptors (Lipinski definition) is 2. The number of fused-ring (bicyclic) bond motifs is 1. The second-order valence-electron chi connectivity index (χ2n) is 6.45. The van der Waals surface area contributed by atoms with E-state index in [2.05, 4.69) is 45.9 Å². The van der Waals surface area contributed by atoms with Gasteiger partial charge in [0.15, 0.2) is 0 Å². The Kier molecular flexibility index (Phi) is 4.34. The topological polar surface area (TPSA) is 35.2 Å². The van der Waals surface area contributed by atoms with Gasteiger partial charge in [-0.25, -0.2) is 0 Å². The van der Waals surface area contributed by atoms with E-state index in [0.717, 1.165) is 17.6 Å². The molecular weight excluding hydrogens is 246 g/mol. The van der Waals surface area contributed by atoms with Gasteiger partial charge in [-0.3, -0.25) is 0 Å². The van der Waals surface area contributed by atoms with E-state index in [4.69, 9.17) is 10.5 Å². The van der Waals surface area contributed by atoms with Crippen molar-refractivity contribution in [1.29, 1.82) is 0 Å². The normalized spacial score (nSPS) is 15.1. The number of rotatable bonds is 4. The molecule has 108 valence electrons. The molecule has 2 unspecified atom stereocenters. The molecule has 2 aromatic rings. The van der Waals surface area contributed by atoms with E-state index in [9.17, 15) is 0 Å². The highest BCUT2D eigenvalue weighted by atomic mass is 16.5. The van der Waals surface area contributed by atoms with Gasteiger partial charge < -0.3 is 10.5 Å². The highest BCUT2D eigenvalue weighted by Crippen LogP contribution is 2.31. The molecule has 0 spiro atoms. The summed E-state index contributed by atoms with van der Waals surface area (Å²) in [5.74, 6) is 0.923. The Hall–Kier alpha value is -1.54. The second-order valence-corrected chi connectivity index (χ2v) is 6.45. The Morgan fingerprint density at radius 1 is 1.05 bits per heavy atom. The number of benzene rings is 2. The van der Waals surface area contributed by atoms with Crippen molar-refractivity contribution in [3.05, 3.63) is 42.5 Å². The molecule has 0 aliphatic heterocycles. The quantitative estimate of drug-likeness (QED) is 0.896. The van der Waals surface area contributed by atoms with Gasteiger partial charge in [-0.2, -0.15) is 0 Å². The lowest BCUT2D eigenvalue weighted by molar-refractivity contribution is 0.0636. The molecule has 0 saturated carbocycles. The van der Waals surface area contributed by atoms with Crippen LogP contribution in [0.2, 0.25) is 0 Å². The van der Waals surface area contributed by atoms with Crippen molar-refractivity contribution < 1.29 is 4.74 Å². The van der Waals surface area contributed by atoms with Gasteiger partial charge in [-0.05, 0) is 17.9 Å². The Bertz CT molecular complexity index is 566. The number of nitrogens with two attached hydrogens (primary N) is 1. The summed E-state index contributed by atoms with van der Waals surface area (Å²) in [6, 6.07) is 14.5. The van der Waals surface area contributed by atoms with Crippen LogP contribution in [-0.2, 0) is 0 Å². The van der Waals surface area contributed by atoms with Crippen LogP contribution in [0.5, 0.6) is 5.75 Å².